The molecule has 0 aliphatic carbocycles. The lowest BCUT2D eigenvalue weighted by atomic mass is 9.85. The van der Waals surface area contributed by atoms with Crippen molar-refractivity contribution < 1.29 is 14.6 Å². The maximum absolute atomic E-state index is 10.7. The van der Waals surface area contributed by atoms with Crippen molar-refractivity contribution in [3.63, 3.8) is 0 Å². The molecule has 1 atom stereocenters. The van der Waals surface area contributed by atoms with E-state index < -0.39 is 5.60 Å². The summed E-state index contributed by atoms with van der Waals surface area (Å²) < 4.78 is 10.6. The molecular formula is C15H25NO3. The molecule has 0 radical (unpaired) electrons. The Morgan fingerprint density at radius 2 is 1.95 bits per heavy atom. The Labute approximate surface area is 115 Å². The molecule has 1 aromatic heterocycles. The van der Waals surface area contributed by atoms with Crippen molar-refractivity contribution in [3.05, 3.63) is 23.0 Å². The molecule has 1 heterocycles. The van der Waals surface area contributed by atoms with E-state index in [4.69, 9.17) is 9.47 Å². The molecule has 1 N–H and O–H groups in total. The van der Waals surface area contributed by atoms with Gasteiger partial charge in [-0.25, -0.2) is 0 Å². The molecule has 0 amide bonds. The van der Waals surface area contributed by atoms with Gasteiger partial charge in [-0.05, 0) is 19.8 Å². The van der Waals surface area contributed by atoms with Crippen LogP contribution in [0.5, 0.6) is 5.75 Å². The third-order valence-electron chi connectivity index (χ3n) is 3.69. The summed E-state index contributed by atoms with van der Waals surface area (Å²) >= 11 is 0. The van der Waals surface area contributed by atoms with Crippen LogP contribution in [-0.2, 0) is 11.2 Å². The highest BCUT2D eigenvalue weighted by atomic mass is 16.5. The Morgan fingerprint density at radius 1 is 1.32 bits per heavy atom. The van der Waals surface area contributed by atoms with E-state index in [1.807, 2.05) is 27.7 Å². The van der Waals surface area contributed by atoms with E-state index in [9.17, 15) is 5.11 Å². The van der Waals surface area contributed by atoms with E-state index >= 15 is 0 Å². The molecule has 0 saturated carbocycles. The standard InChI is InChI=1S/C15H25NO3/c1-10(2)15(17,9-18-5)7-13-12(4)14(19-6)11(3)8-16-13/h8,10,17H,7,9H2,1-6H3. The van der Waals surface area contributed by atoms with Crippen molar-refractivity contribution in [2.75, 3.05) is 20.8 Å². The van der Waals surface area contributed by atoms with Crippen molar-refractivity contribution in [3.8, 4) is 5.75 Å². The third-order valence-corrected chi connectivity index (χ3v) is 3.69. The number of methoxy groups -OCH3 is 2. The smallest absolute Gasteiger partial charge is 0.128 e. The van der Waals surface area contributed by atoms with E-state index in [2.05, 4.69) is 4.98 Å². The van der Waals surface area contributed by atoms with Gasteiger partial charge in [0.25, 0.3) is 0 Å². The number of hydrogen-bond donors (Lipinski definition) is 1. The van der Waals surface area contributed by atoms with Crippen LogP contribution < -0.4 is 4.74 Å². The zero-order valence-electron chi connectivity index (χ0n) is 12.8. The Morgan fingerprint density at radius 3 is 2.42 bits per heavy atom. The van der Waals surface area contributed by atoms with Gasteiger partial charge >= 0.3 is 0 Å². The van der Waals surface area contributed by atoms with Crippen molar-refractivity contribution in [1.29, 1.82) is 0 Å². The predicted molar refractivity (Wildman–Crippen MR) is 75.6 cm³/mol. The largest absolute Gasteiger partial charge is 0.496 e. The summed E-state index contributed by atoms with van der Waals surface area (Å²) in [5.41, 5.74) is 1.93. The van der Waals surface area contributed by atoms with E-state index in [1.165, 1.54) is 0 Å². The first-order chi connectivity index (χ1) is 8.85. The van der Waals surface area contributed by atoms with Crippen molar-refractivity contribution >= 4 is 0 Å². The number of aromatic nitrogens is 1. The Bertz CT molecular complexity index is 432. The highest BCUT2D eigenvalue weighted by Crippen LogP contribution is 2.29. The first kappa shape index (κ1) is 15.9. The topological polar surface area (TPSA) is 51.6 Å². The van der Waals surface area contributed by atoms with Crippen molar-refractivity contribution in [2.24, 2.45) is 5.92 Å². The maximum Gasteiger partial charge on any atom is 0.128 e. The van der Waals surface area contributed by atoms with E-state index in [0.717, 1.165) is 22.6 Å². The van der Waals surface area contributed by atoms with Crippen LogP contribution >= 0.6 is 0 Å². The van der Waals surface area contributed by atoms with E-state index in [-0.39, 0.29) is 5.92 Å². The molecule has 0 bridgehead atoms. The number of aliphatic hydroxyl groups is 1. The molecule has 4 nitrogen and oxygen atoms in total. The molecule has 0 aliphatic heterocycles. The third kappa shape index (κ3) is 3.45. The normalized spacial score (nSPS) is 14.5. The molecule has 0 spiro atoms. The van der Waals surface area contributed by atoms with Crippen LogP contribution in [0.2, 0.25) is 0 Å². The van der Waals surface area contributed by atoms with Crippen LogP contribution in [0.1, 0.15) is 30.7 Å². The van der Waals surface area contributed by atoms with Gasteiger partial charge in [0.1, 0.15) is 5.75 Å². The average Bonchev–Trinajstić information content (AvgIpc) is 2.34. The summed E-state index contributed by atoms with van der Waals surface area (Å²) in [6.07, 6.45) is 2.25. The molecule has 1 unspecified atom stereocenters. The molecular weight excluding hydrogens is 242 g/mol. The van der Waals surface area contributed by atoms with Gasteiger partial charge in [0.2, 0.25) is 0 Å². The molecule has 4 heteroatoms. The Hall–Kier alpha value is -1.13. The second-order valence-corrected chi connectivity index (χ2v) is 5.41. The number of ether oxygens (including phenoxy) is 2. The fraction of sp³-hybridized carbons (Fsp3) is 0.667. The SMILES string of the molecule is COCC(O)(Cc1ncc(C)c(OC)c1C)C(C)C. The molecule has 19 heavy (non-hydrogen) atoms. The molecule has 0 saturated heterocycles. The van der Waals surface area contributed by atoms with Crippen LogP contribution in [0.15, 0.2) is 6.20 Å². The molecule has 0 aliphatic rings. The minimum atomic E-state index is -0.910. The van der Waals surface area contributed by atoms with Gasteiger partial charge in [-0.2, -0.15) is 0 Å². The monoisotopic (exact) mass is 267 g/mol. The van der Waals surface area contributed by atoms with Gasteiger partial charge in [-0.3, -0.25) is 4.98 Å². The molecule has 1 rings (SSSR count). The van der Waals surface area contributed by atoms with Gasteiger partial charge in [0.05, 0.1) is 19.3 Å². The van der Waals surface area contributed by atoms with Crippen LogP contribution in [0.3, 0.4) is 0 Å². The molecule has 108 valence electrons. The van der Waals surface area contributed by atoms with Crippen LogP contribution in [-0.4, -0.2) is 36.5 Å². The number of aryl methyl sites for hydroxylation is 1. The molecule has 1 aromatic rings. The van der Waals surface area contributed by atoms with Gasteiger partial charge in [-0.15, -0.1) is 0 Å². The number of rotatable bonds is 6. The highest BCUT2D eigenvalue weighted by Gasteiger charge is 2.32. The van der Waals surface area contributed by atoms with Crippen molar-refractivity contribution in [1.82, 2.24) is 4.98 Å². The second kappa shape index (κ2) is 6.35. The summed E-state index contributed by atoms with van der Waals surface area (Å²) in [5.74, 6) is 0.925. The summed E-state index contributed by atoms with van der Waals surface area (Å²) in [6.45, 7) is 8.20. The lowest BCUT2D eigenvalue weighted by molar-refractivity contribution is -0.0644. The summed E-state index contributed by atoms with van der Waals surface area (Å²) in [6, 6.07) is 0. The zero-order chi connectivity index (χ0) is 14.6. The van der Waals surface area contributed by atoms with Crippen LogP contribution in [0.25, 0.3) is 0 Å². The average molecular weight is 267 g/mol. The van der Waals surface area contributed by atoms with E-state index in [0.29, 0.717) is 13.0 Å². The fourth-order valence-electron chi connectivity index (χ4n) is 2.21. The number of pyridine rings is 1. The van der Waals surface area contributed by atoms with E-state index in [1.54, 1.807) is 20.4 Å². The van der Waals surface area contributed by atoms with Gasteiger partial charge in [0.15, 0.2) is 0 Å². The van der Waals surface area contributed by atoms with Gasteiger partial charge < -0.3 is 14.6 Å². The summed E-state index contributed by atoms with van der Waals surface area (Å²) in [5, 5.41) is 10.7. The Balaban J connectivity index is 3.11. The van der Waals surface area contributed by atoms with Gasteiger partial charge in [0, 0.05) is 36.5 Å². The predicted octanol–water partition coefficient (Wildman–Crippen LogP) is 2.28. The first-order valence-corrected chi connectivity index (χ1v) is 6.56. The number of hydrogen-bond acceptors (Lipinski definition) is 4. The van der Waals surface area contributed by atoms with Gasteiger partial charge in [-0.1, -0.05) is 13.8 Å². The highest BCUT2D eigenvalue weighted by molar-refractivity contribution is 5.41. The summed E-state index contributed by atoms with van der Waals surface area (Å²) in [7, 11) is 3.26. The zero-order valence-corrected chi connectivity index (χ0v) is 12.8. The lowest BCUT2D eigenvalue weighted by Crippen LogP contribution is -2.42. The second-order valence-electron chi connectivity index (χ2n) is 5.41. The first-order valence-electron chi connectivity index (χ1n) is 6.56. The van der Waals surface area contributed by atoms with Crippen LogP contribution in [0, 0.1) is 19.8 Å². The fourth-order valence-corrected chi connectivity index (χ4v) is 2.21. The van der Waals surface area contributed by atoms with Crippen LogP contribution in [0.4, 0.5) is 0 Å². The Kier molecular flexibility index (Phi) is 5.32. The molecule has 0 fully saturated rings. The maximum atomic E-state index is 10.7. The quantitative estimate of drug-likeness (QED) is 0.859. The number of nitrogens with zero attached hydrogens (tertiary/aromatic N) is 1. The summed E-state index contributed by atoms with van der Waals surface area (Å²) in [4.78, 5) is 4.44. The minimum Gasteiger partial charge on any atom is -0.496 e. The minimum absolute atomic E-state index is 0.0842. The van der Waals surface area contributed by atoms with Crippen molar-refractivity contribution in [2.45, 2.75) is 39.7 Å². The lowest BCUT2D eigenvalue weighted by Gasteiger charge is -2.31. The molecule has 0 aromatic carbocycles.